The van der Waals surface area contributed by atoms with Gasteiger partial charge < -0.3 is 4.57 Å². The van der Waals surface area contributed by atoms with Crippen LogP contribution in [0.15, 0.2) is 46.5 Å². The molecule has 0 unspecified atom stereocenters. The molecule has 1 aliphatic carbocycles. The number of rotatable bonds is 6. The van der Waals surface area contributed by atoms with Gasteiger partial charge in [-0.3, -0.25) is 0 Å². The summed E-state index contributed by atoms with van der Waals surface area (Å²) >= 11 is 7.69. The topological polar surface area (TPSA) is 55.2 Å². The quantitative estimate of drug-likeness (QED) is 0.340. The molecular formula is C25H29ClFN3O2S2. The predicted molar refractivity (Wildman–Crippen MR) is 135 cm³/mol. The van der Waals surface area contributed by atoms with Crippen LogP contribution in [0.2, 0.25) is 5.02 Å². The van der Waals surface area contributed by atoms with Gasteiger partial charge in [-0.25, -0.2) is 17.8 Å². The van der Waals surface area contributed by atoms with Gasteiger partial charge in [0.2, 0.25) is 10.0 Å². The first-order valence-electron chi connectivity index (χ1n) is 11.9. The fourth-order valence-corrected chi connectivity index (χ4v) is 8.20. The van der Waals surface area contributed by atoms with Crippen molar-refractivity contribution < 1.29 is 12.8 Å². The lowest BCUT2D eigenvalue weighted by atomic mass is 10.0. The lowest BCUT2D eigenvalue weighted by Crippen LogP contribution is -2.39. The summed E-state index contributed by atoms with van der Waals surface area (Å²) in [5.41, 5.74) is 2.06. The van der Waals surface area contributed by atoms with Gasteiger partial charge in [-0.1, -0.05) is 49.2 Å². The summed E-state index contributed by atoms with van der Waals surface area (Å²) in [5.74, 6) is 0.396. The van der Waals surface area contributed by atoms with E-state index in [1.165, 1.54) is 17.8 Å². The van der Waals surface area contributed by atoms with Gasteiger partial charge in [0.25, 0.3) is 0 Å². The van der Waals surface area contributed by atoms with Crippen LogP contribution in [-0.4, -0.2) is 35.4 Å². The number of fused-ring (bicyclic) bond motifs is 1. The Balaban J connectivity index is 1.51. The van der Waals surface area contributed by atoms with Crippen LogP contribution in [0.3, 0.4) is 0 Å². The second-order valence-electron chi connectivity index (χ2n) is 9.45. The number of benzene rings is 2. The van der Waals surface area contributed by atoms with Gasteiger partial charge in [-0.2, -0.15) is 4.31 Å². The highest BCUT2D eigenvalue weighted by Gasteiger charge is 2.30. The Morgan fingerprint density at radius 3 is 2.68 bits per heavy atom. The van der Waals surface area contributed by atoms with Gasteiger partial charge in [0.05, 0.1) is 15.9 Å². The van der Waals surface area contributed by atoms with Gasteiger partial charge in [0, 0.05) is 35.5 Å². The molecule has 1 saturated heterocycles. The molecule has 1 atom stereocenters. The van der Waals surface area contributed by atoms with E-state index in [2.05, 4.69) is 11.5 Å². The number of piperidine rings is 1. The third-order valence-electron chi connectivity index (χ3n) is 6.98. The molecule has 2 aliphatic rings. The van der Waals surface area contributed by atoms with Crippen molar-refractivity contribution in [2.24, 2.45) is 5.92 Å². The Bertz CT molecular complexity index is 1280. The molecule has 0 bridgehead atoms. The minimum Gasteiger partial charge on any atom is -0.316 e. The average molecular weight is 522 g/mol. The lowest BCUT2D eigenvalue weighted by Gasteiger charge is -2.30. The monoisotopic (exact) mass is 521 g/mol. The average Bonchev–Trinajstić information content (AvgIpc) is 3.45. The normalized spacial score (nSPS) is 20.4. The van der Waals surface area contributed by atoms with E-state index in [1.54, 1.807) is 28.6 Å². The SMILES string of the molecule is C[C@H]1CCCN(S(=O)(=O)c2ccc3c(c2)nc(SCc2c(F)cccc2Cl)n3C2CCCC2)C1. The fraction of sp³-hybridized carbons (Fsp3) is 0.480. The summed E-state index contributed by atoms with van der Waals surface area (Å²) in [6.45, 7) is 3.21. The van der Waals surface area contributed by atoms with Crippen molar-refractivity contribution in [2.45, 2.75) is 67.3 Å². The Labute approximate surface area is 209 Å². The maximum Gasteiger partial charge on any atom is 0.243 e. The number of hydrogen-bond donors (Lipinski definition) is 0. The van der Waals surface area contributed by atoms with Crippen LogP contribution in [0.1, 0.15) is 57.1 Å². The molecule has 0 spiro atoms. The zero-order valence-corrected chi connectivity index (χ0v) is 21.6. The zero-order chi connectivity index (χ0) is 23.9. The number of hydrogen-bond acceptors (Lipinski definition) is 4. The molecule has 3 aromatic rings. The second-order valence-corrected chi connectivity index (χ2v) is 12.7. The van der Waals surface area contributed by atoms with E-state index >= 15 is 0 Å². The zero-order valence-electron chi connectivity index (χ0n) is 19.2. The van der Waals surface area contributed by atoms with Crippen molar-refractivity contribution in [3.8, 4) is 0 Å². The summed E-state index contributed by atoms with van der Waals surface area (Å²) in [4.78, 5) is 5.13. The summed E-state index contributed by atoms with van der Waals surface area (Å²) in [5, 5.41) is 1.18. The number of aromatic nitrogens is 2. The van der Waals surface area contributed by atoms with Crippen molar-refractivity contribution in [1.82, 2.24) is 13.9 Å². The smallest absolute Gasteiger partial charge is 0.243 e. The predicted octanol–water partition coefficient (Wildman–Crippen LogP) is 6.66. The largest absolute Gasteiger partial charge is 0.316 e. The maximum absolute atomic E-state index is 14.4. The number of thioether (sulfide) groups is 1. The van der Waals surface area contributed by atoms with Crippen LogP contribution < -0.4 is 0 Å². The van der Waals surface area contributed by atoms with Crippen LogP contribution in [0.4, 0.5) is 4.39 Å². The van der Waals surface area contributed by atoms with Crippen LogP contribution >= 0.6 is 23.4 Å². The number of halogens is 2. The standard InChI is InChI=1S/C25H29ClFN3O2S2/c1-17-6-5-13-29(15-17)34(31,32)19-11-12-24-23(14-19)28-25(30(24)18-7-2-3-8-18)33-16-20-21(26)9-4-10-22(20)27/h4,9-12,14,17-18H,2-3,5-8,13,15-16H2,1H3/t17-/m0/s1. The molecule has 1 aliphatic heterocycles. The Hall–Kier alpha value is -1.61. The van der Waals surface area contributed by atoms with Crippen molar-refractivity contribution in [1.29, 1.82) is 0 Å². The van der Waals surface area contributed by atoms with Crippen LogP contribution in [0.25, 0.3) is 11.0 Å². The Morgan fingerprint density at radius 1 is 1.15 bits per heavy atom. The van der Waals surface area contributed by atoms with Crippen molar-refractivity contribution >= 4 is 44.4 Å². The lowest BCUT2D eigenvalue weighted by molar-refractivity contribution is 0.281. The first-order chi connectivity index (χ1) is 16.3. The van der Waals surface area contributed by atoms with Crippen LogP contribution in [0.5, 0.6) is 0 Å². The van der Waals surface area contributed by atoms with E-state index in [4.69, 9.17) is 16.6 Å². The third-order valence-corrected chi connectivity index (χ3v) is 10.2. The van der Waals surface area contributed by atoms with E-state index < -0.39 is 10.0 Å². The molecule has 2 fully saturated rings. The molecule has 2 heterocycles. The molecule has 182 valence electrons. The minimum atomic E-state index is -3.57. The van der Waals surface area contributed by atoms with Gasteiger partial charge in [0.1, 0.15) is 5.82 Å². The van der Waals surface area contributed by atoms with E-state index in [9.17, 15) is 12.8 Å². The Morgan fingerprint density at radius 2 is 1.94 bits per heavy atom. The van der Waals surface area contributed by atoms with Gasteiger partial charge in [0.15, 0.2) is 5.16 Å². The third kappa shape index (κ3) is 4.62. The second kappa shape index (κ2) is 9.80. The van der Waals surface area contributed by atoms with Crippen molar-refractivity contribution in [3.63, 3.8) is 0 Å². The molecule has 2 aromatic carbocycles. The molecule has 34 heavy (non-hydrogen) atoms. The van der Waals surface area contributed by atoms with Gasteiger partial charge >= 0.3 is 0 Å². The molecule has 5 rings (SSSR count). The van der Waals surface area contributed by atoms with E-state index in [0.717, 1.165) is 49.2 Å². The molecule has 1 aromatic heterocycles. The minimum absolute atomic E-state index is 0.291. The van der Waals surface area contributed by atoms with Crippen molar-refractivity contribution in [2.75, 3.05) is 13.1 Å². The summed E-state index contributed by atoms with van der Waals surface area (Å²) in [6, 6.07) is 10.3. The van der Waals surface area contributed by atoms with E-state index in [1.807, 2.05) is 6.07 Å². The highest BCUT2D eigenvalue weighted by atomic mass is 35.5. The molecule has 1 saturated carbocycles. The summed E-state index contributed by atoms with van der Waals surface area (Å²) in [6.07, 6.45) is 6.39. The highest BCUT2D eigenvalue weighted by molar-refractivity contribution is 7.98. The first-order valence-corrected chi connectivity index (χ1v) is 14.7. The van der Waals surface area contributed by atoms with Crippen LogP contribution in [-0.2, 0) is 15.8 Å². The molecule has 5 nitrogen and oxygen atoms in total. The van der Waals surface area contributed by atoms with Gasteiger partial charge in [-0.05, 0) is 61.9 Å². The number of sulfonamides is 1. The van der Waals surface area contributed by atoms with E-state index in [0.29, 0.717) is 51.8 Å². The number of nitrogens with zero attached hydrogens (tertiary/aromatic N) is 3. The summed E-state index contributed by atoms with van der Waals surface area (Å²) in [7, 11) is -3.57. The highest BCUT2D eigenvalue weighted by Crippen LogP contribution is 2.39. The van der Waals surface area contributed by atoms with Gasteiger partial charge in [-0.15, -0.1) is 0 Å². The summed E-state index contributed by atoms with van der Waals surface area (Å²) < 4.78 is 44.9. The molecule has 0 amide bonds. The van der Waals surface area contributed by atoms with Crippen molar-refractivity contribution in [3.05, 3.63) is 52.8 Å². The fourth-order valence-electron chi connectivity index (χ4n) is 5.15. The molecule has 9 heteroatoms. The number of imidazole rings is 1. The van der Waals surface area contributed by atoms with E-state index in [-0.39, 0.29) is 5.82 Å². The molecule has 0 radical (unpaired) electrons. The first kappa shape index (κ1) is 24.1. The van der Waals surface area contributed by atoms with Crippen LogP contribution in [0, 0.1) is 11.7 Å². The Kier molecular flexibility index (Phi) is 6.95. The molecule has 0 N–H and O–H groups in total. The maximum atomic E-state index is 14.4. The molecular weight excluding hydrogens is 493 g/mol.